The number of nitrogens with one attached hydrogen (secondary N) is 1. The number of hydrogen-bond acceptors (Lipinski definition) is 6. The number of nitro groups is 2. The molecule has 3 rings (SSSR count). The Morgan fingerprint density at radius 2 is 1.52 bits per heavy atom. The maximum Gasteiger partial charge on any atom is 0.277 e. The first-order chi connectivity index (χ1) is 13.8. The van der Waals surface area contributed by atoms with Crippen molar-refractivity contribution in [1.29, 1.82) is 0 Å². The lowest BCUT2D eigenvalue weighted by Crippen LogP contribution is -2.13. The van der Waals surface area contributed by atoms with Crippen molar-refractivity contribution in [2.75, 3.05) is 5.32 Å². The second-order valence-corrected chi connectivity index (χ2v) is 6.20. The lowest BCUT2D eigenvalue weighted by atomic mass is 10.1. The summed E-state index contributed by atoms with van der Waals surface area (Å²) in [6.45, 7) is 0. The lowest BCUT2D eigenvalue weighted by Gasteiger charge is -2.13. The molecule has 3 aromatic carbocycles. The largest absolute Gasteiger partial charge is 0.455 e. The molecule has 29 heavy (non-hydrogen) atoms. The highest BCUT2D eigenvalue weighted by Crippen LogP contribution is 2.33. The van der Waals surface area contributed by atoms with Crippen LogP contribution in [0.3, 0.4) is 0 Å². The Bertz CT molecular complexity index is 1070. The molecule has 146 valence electrons. The molecule has 0 aliphatic heterocycles. The minimum Gasteiger partial charge on any atom is -0.455 e. The summed E-state index contributed by atoms with van der Waals surface area (Å²) in [7, 11) is 0. The average molecular weight is 414 g/mol. The van der Waals surface area contributed by atoms with Gasteiger partial charge in [0.1, 0.15) is 5.75 Å². The van der Waals surface area contributed by atoms with Crippen LogP contribution in [-0.4, -0.2) is 15.8 Å². The number of non-ortho nitro benzene ring substituents is 2. The highest BCUT2D eigenvalue weighted by molar-refractivity contribution is 6.31. The summed E-state index contributed by atoms with van der Waals surface area (Å²) in [4.78, 5) is 33.0. The maximum atomic E-state index is 12.6. The molecule has 0 saturated heterocycles. The zero-order valence-electron chi connectivity index (χ0n) is 14.6. The summed E-state index contributed by atoms with van der Waals surface area (Å²) in [6.07, 6.45) is 0. The molecule has 9 nitrogen and oxygen atoms in total. The molecule has 0 unspecified atom stereocenters. The summed E-state index contributed by atoms with van der Waals surface area (Å²) < 4.78 is 5.74. The molecule has 0 spiro atoms. The maximum absolute atomic E-state index is 12.6. The van der Waals surface area contributed by atoms with E-state index in [4.69, 9.17) is 16.3 Å². The molecular formula is C19H12ClN3O6. The van der Waals surface area contributed by atoms with Crippen LogP contribution < -0.4 is 10.1 Å². The molecule has 0 radical (unpaired) electrons. The number of carbonyl (C=O) groups excluding carboxylic acids is 1. The Kier molecular flexibility index (Phi) is 5.70. The van der Waals surface area contributed by atoms with Crippen LogP contribution >= 0.6 is 11.6 Å². The van der Waals surface area contributed by atoms with Gasteiger partial charge in [0.25, 0.3) is 17.3 Å². The molecule has 10 heteroatoms. The number of amides is 1. The van der Waals surface area contributed by atoms with Crippen molar-refractivity contribution < 1.29 is 19.4 Å². The molecule has 0 saturated carbocycles. The SMILES string of the molecule is O=C(Nc1cc(Cl)ccc1Oc1ccccc1)c1cc([N+](=O)[O-])cc([N+](=O)[O-])c1. The molecule has 0 aliphatic rings. The van der Waals surface area contributed by atoms with Crippen molar-refractivity contribution in [3.8, 4) is 11.5 Å². The van der Waals surface area contributed by atoms with E-state index in [1.807, 2.05) is 6.07 Å². The average Bonchev–Trinajstić information content (AvgIpc) is 2.70. The fourth-order valence-corrected chi connectivity index (χ4v) is 2.61. The van der Waals surface area contributed by atoms with Gasteiger partial charge < -0.3 is 10.1 Å². The minimum absolute atomic E-state index is 0.195. The first-order valence-electron chi connectivity index (χ1n) is 8.11. The second kappa shape index (κ2) is 8.36. The predicted octanol–water partition coefficient (Wildman–Crippen LogP) is 5.20. The van der Waals surface area contributed by atoms with Gasteiger partial charge in [0.15, 0.2) is 5.75 Å². The van der Waals surface area contributed by atoms with E-state index in [2.05, 4.69) is 5.32 Å². The molecule has 0 atom stereocenters. The number of nitrogens with zero attached hydrogens (tertiary/aromatic N) is 2. The molecule has 1 N–H and O–H groups in total. The first kappa shape index (κ1) is 19.8. The van der Waals surface area contributed by atoms with Crippen LogP contribution in [0.5, 0.6) is 11.5 Å². The minimum atomic E-state index is -0.812. The number of halogens is 1. The van der Waals surface area contributed by atoms with Gasteiger partial charge in [0, 0.05) is 17.2 Å². The van der Waals surface area contributed by atoms with Gasteiger partial charge in [0.05, 0.1) is 27.2 Å². The van der Waals surface area contributed by atoms with Gasteiger partial charge in [-0.3, -0.25) is 25.0 Å². The molecule has 0 aromatic heterocycles. The van der Waals surface area contributed by atoms with Crippen LogP contribution in [-0.2, 0) is 0 Å². The molecule has 0 aliphatic carbocycles. The van der Waals surface area contributed by atoms with Crippen LogP contribution in [0.4, 0.5) is 17.1 Å². The summed E-state index contributed by atoms with van der Waals surface area (Å²) in [5, 5.41) is 24.9. The van der Waals surface area contributed by atoms with Gasteiger partial charge in [-0.2, -0.15) is 0 Å². The number of hydrogen-bond donors (Lipinski definition) is 1. The van der Waals surface area contributed by atoms with Crippen LogP contribution in [0.1, 0.15) is 10.4 Å². The van der Waals surface area contributed by atoms with E-state index in [9.17, 15) is 25.0 Å². The smallest absolute Gasteiger partial charge is 0.277 e. The number of rotatable bonds is 6. The normalized spacial score (nSPS) is 10.2. The van der Waals surface area contributed by atoms with Gasteiger partial charge in [0.2, 0.25) is 0 Å². The van der Waals surface area contributed by atoms with Crippen molar-refractivity contribution in [3.05, 3.63) is 97.5 Å². The van der Waals surface area contributed by atoms with Crippen LogP contribution in [0.2, 0.25) is 5.02 Å². The fourth-order valence-electron chi connectivity index (χ4n) is 2.44. The predicted molar refractivity (Wildman–Crippen MR) is 106 cm³/mol. The van der Waals surface area contributed by atoms with Crippen LogP contribution in [0, 0.1) is 20.2 Å². The van der Waals surface area contributed by atoms with E-state index >= 15 is 0 Å². The van der Waals surface area contributed by atoms with E-state index in [0.29, 0.717) is 10.8 Å². The molecular weight excluding hydrogens is 402 g/mol. The number of anilines is 1. The number of para-hydroxylation sites is 1. The molecule has 0 fully saturated rings. The van der Waals surface area contributed by atoms with Crippen molar-refractivity contribution in [3.63, 3.8) is 0 Å². The first-order valence-corrected chi connectivity index (χ1v) is 8.49. The van der Waals surface area contributed by atoms with Crippen molar-refractivity contribution >= 4 is 34.6 Å². The Labute approximate surface area is 168 Å². The lowest BCUT2D eigenvalue weighted by molar-refractivity contribution is -0.394. The zero-order valence-corrected chi connectivity index (χ0v) is 15.3. The summed E-state index contributed by atoms with van der Waals surface area (Å²) in [5.41, 5.74) is -1.20. The number of carbonyl (C=O) groups is 1. The summed E-state index contributed by atoms with van der Waals surface area (Å²) in [6, 6.07) is 16.0. The van der Waals surface area contributed by atoms with Gasteiger partial charge in [-0.05, 0) is 30.3 Å². The Morgan fingerprint density at radius 1 is 0.897 bits per heavy atom. The van der Waals surface area contributed by atoms with Crippen molar-refractivity contribution in [1.82, 2.24) is 0 Å². The monoisotopic (exact) mass is 413 g/mol. The second-order valence-electron chi connectivity index (χ2n) is 5.76. The quantitative estimate of drug-likeness (QED) is 0.437. The highest BCUT2D eigenvalue weighted by Gasteiger charge is 2.21. The standard InChI is InChI=1S/C19H12ClN3O6/c20-13-6-7-18(29-16-4-2-1-3-5-16)17(10-13)21-19(24)12-8-14(22(25)26)11-15(9-12)23(27)28/h1-11H,(H,21,24). The Balaban J connectivity index is 1.94. The van der Waals surface area contributed by atoms with Gasteiger partial charge in [-0.15, -0.1) is 0 Å². The number of benzene rings is 3. The van der Waals surface area contributed by atoms with E-state index in [-0.39, 0.29) is 17.0 Å². The third kappa shape index (κ3) is 4.85. The Hall–Kier alpha value is -3.98. The molecule has 0 bridgehead atoms. The molecule has 3 aromatic rings. The zero-order chi connectivity index (χ0) is 21.0. The third-order valence-electron chi connectivity index (χ3n) is 3.75. The van der Waals surface area contributed by atoms with Crippen LogP contribution in [0.15, 0.2) is 66.7 Å². The van der Waals surface area contributed by atoms with Crippen molar-refractivity contribution in [2.24, 2.45) is 0 Å². The van der Waals surface area contributed by atoms with E-state index < -0.39 is 27.1 Å². The van der Waals surface area contributed by atoms with Crippen LogP contribution in [0.25, 0.3) is 0 Å². The molecule has 0 heterocycles. The fraction of sp³-hybridized carbons (Fsp3) is 0. The number of ether oxygens (including phenoxy) is 1. The third-order valence-corrected chi connectivity index (χ3v) is 3.98. The topological polar surface area (TPSA) is 125 Å². The summed E-state index contributed by atoms with van der Waals surface area (Å²) >= 11 is 6.00. The van der Waals surface area contributed by atoms with Gasteiger partial charge in [-0.1, -0.05) is 29.8 Å². The van der Waals surface area contributed by atoms with Crippen molar-refractivity contribution in [2.45, 2.75) is 0 Å². The molecule has 1 amide bonds. The Morgan fingerprint density at radius 3 is 2.10 bits per heavy atom. The summed E-state index contributed by atoms with van der Waals surface area (Å²) in [5.74, 6) is -0.0119. The van der Waals surface area contributed by atoms with E-state index in [1.54, 1.807) is 36.4 Å². The highest BCUT2D eigenvalue weighted by atomic mass is 35.5. The van der Waals surface area contributed by atoms with Gasteiger partial charge >= 0.3 is 0 Å². The van der Waals surface area contributed by atoms with E-state index in [1.165, 1.54) is 6.07 Å². The van der Waals surface area contributed by atoms with E-state index in [0.717, 1.165) is 18.2 Å². The number of nitro benzene ring substituents is 2. The van der Waals surface area contributed by atoms with Gasteiger partial charge in [-0.25, -0.2) is 0 Å².